The average Bonchev–Trinajstić information content (AvgIpc) is 2.45. The molecule has 102 valence electrons. The first-order valence-electron chi connectivity index (χ1n) is 6.38. The van der Waals surface area contributed by atoms with Gasteiger partial charge in [-0.05, 0) is 48.8 Å². The molecule has 3 nitrogen and oxygen atoms in total. The lowest BCUT2D eigenvalue weighted by molar-refractivity contribution is 1.05. The number of rotatable bonds is 3. The van der Waals surface area contributed by atoms with Crippen molar-refractivity contribution in [3.63, 3.8) is 0 Å². The van der Waals surface area contributed by atoms with Crippen molar-refractivity contribution in [1.82, 2.24) is 5.43 Å². The normalized spacial score (nSPS) is 10.5. The molecule has 0 heterocycles. The number of nitrogens with zero attached hydrogens (tertiary/aromatic N) is 1. The van der Waals surface area contributed by atoms with Gasteiger partial charge in [-0.3, -0.25) is 5.43 Å². The van der Waals surface area contributed by atoms with Crippen LogP contribution >= 0.6 is 12.2 Å². The van der Waals surface area contributed by atoms with E-state index in [-0.39, 0.29) is 0 Å². The van der Waals surface area contributed by atoms with Gasteiger partial charge in [0.25, 0.3) is 0 Å². The molecule has 0 unspecified atom stereocenters. The van der Waals surface area contributed by atoms with E-state index in [0.717, 1.165) is 11.3 Å². The summed E-state index contributed by atoms with van der Waals surface area (Å²) in [6.07, 6.45) is 1.73. The number of benzene rings is 2. The zero-order valence-electron chi connectivity index (χ0n) is 11.6. The fourth-order valence-corrected chi connectivity index (χ4v) is 1.90. The van der Waals surface area contributed by atoms with E-state index < -0.39 is 0 Å². The third kappa shape index (κ3) is 3.90. The number of aryl methyl sites for hydroxylation is 1. The van der Waals surface area contributed by atoms with E-state index in [4.69, 9.17) is 12.2 Å². The second-order valence-electron chi connectivity index (χ2n) is 4.48. The van der Waals surface area contributed by atoms with E-state index in [1.165, 1.54) is 11.1 Å². The fraction of sp³-hybridized carbons (Fsp3) is 0.125. The fourth-order valence-electron chi connectivity index (χ4n) is 1.74. The molecule has 0 fully saturated rings. The summed E-state index contributed by atoms with van der Waals surface area (Å²) >= 11 is 5.22. The van der Waals surface area contributed by atoms with Crippen molar-refractivity contribution in [2.45, 2.75) is 13.8 Å². The van der Waals surface area contributed by atoms with Crippen LogP contribution in [0.5, 0.6) is 0 Å². The number of nitrogens with one attached hydrogen (secondary N) is 2. The van der Waals surface area contributed by atoms with Crippen LogP contribution in [-0.2, 0) is 0 Å². The third-order valence-corrected chi connectivity index (χ3v) is 3.23. The van der Waals surface area contributed by atoms with Gasteiger partial charge in [0.1, 0.15) is 0 Å². The highest BCUT2D eigenvalue weighted by molar-refractivity contribution is 7.80. The van der Waals surface area contributed by atoms with Crippen LogP contribution in [0.2, 0.25) is 0 Å². The molecule has 0 aliphatic carbocycles. The van der Waals surface area contributed by atoms with Crippen LogP contribution in [-0.4, -0.2) is 11.3 Å². The smallest absolute Gasteiger partial charge is 0.191 e. The molecule has 4 heteroatoms. The molecule has 2 aromatic rings. The molecule has 0 saturated heterocycles. The summed E-state index contributed by atoms with van der Waals surface area (Å²) in [4.78, 5) is 0. The van der Waals surface area contributed by atoms with Crippen LogP contribution in [0.25, 0.3) is 0 Å². The maximum atomic E-state index is 5.22. The molecule has 0 aliphatic heterocycles. The van der Waals surface area contributed by atoms with Crippen molar-refractivity contribution in [3.05, 3.63) is 65.2 Å². The molecular formula is C16H17N3S. The Morgan fingerprint density at radius 2 is 1.80 bits per heavy atom. The lowest BCUT2D eigenvalue weighted by atomic mass is 10.1. The van der Waals surface area contributed by atoms with E-state index in [1.807, 2.05) is 42.5 Å². The summed E-state index contributed by atoms with van der Waals surface area (Å²) in [5.74, 6) is 0. The minimum atomic E-state index is 0.478. The van der Waals surface area contributed by atoms with Crippen LogP contribution in [0.4, 0.5) is 5.69 Å². The van der Waals surface area contributed by atoms with E-state index in [0.29, 0.717) is 5.11 Å². The second kappa shape index (κ2) is 6.82. The number of hydrazone groups is 1. The predicted octanol–water partition coefficient (Wildman–Crippen LogP) is 3.62. The Balaban J connectivity index is 1.93. The van der Waals surface area contributed by atoms with Gasteiger partial charge >= 0.3 is 0 Å². The Hall–Kier alpha value is -2.20. The van der Waals surface area contributed by atoms with E-state index in [2.05, 4.69) is 35.8 Å². The predicted molar refractivity (Wildman–Crippen MR) is 89.3 cm³/mol. The molecule has 0 radical (unpaired) electrons. The summed E-state index contributed by atoms with van der Waals surface area (Å²) in [6.45, 7) is 4.14. The largest absolute Gasteiger partial charge is 0.331 e. The lowest BCUT2D eigenvalue weighted by Gasteiger charge is -2.11. The number of thiocarbonyl (C=S) groups is 1. The molecule has 0 bridgehead atoms. The molecule has 0 aromatic heterocycles. The van der Waals surface area contributed by atoms with Crippen LogP contribution in [0, 0.1) is 13.8 Å². The summed E-state index contributed by atoms with van der Waals surface area (Å²) in [6, 6.07) is 15.9. The Labute approximate surface area is 124 Å². The summed E-state index contributed by atoms with van der Waals surface area (Å²) in [5, 5.41) is 7.73. The number of hydrogen-bond donors (Lipinski definition) is 2. The van der Waals surface area contributed by atoms with Crippen molar-refractivity contribution < 1.29 is 0 Å². The van der Waals surface area contributed by atoms with E-state index in [1.54, 1.807) is 6.21 Å². The topological polar surface area (TPSA) is 36.4 Å². The maximum absolute atomic E-state index is 5.22. The Morgan fingerprint density at radius 3 is 2.55 bits per heavy atom. The van der Waals surface area contributed by atoms with Crippen molar-refractivity contribution in [1.29, 1.82) is 0 Å². The summed E-state index contributed by atoms with van der Waals surface area (Å²) in [5.41, 5.74) is 7.25. The molecule has 0 spiro atoms. The summed E-state index contributed by atoms with van der Waals surface area (Å²) in [7, 11) is 0. The first kappa shape index (κ1) is 14.2. The van der Waals surface area contributed by atoms with Crippen molar-refractivity contribution in [3.8, 4) is 0 Å². The van der Waals surface area contributed by atoms with Gasteiger partial charge in [0, 0.05) is 5.69 Å². The zero-order valence-corrected chi connectivity index (χ0v) is 12.4. The average molecular weight is 283 g/mol. The number of hydrogen-bond acceptors (Lipinski definition) is 2. The van der Waals surface area contributed by atoms with Gasteiger partial charge in [0.2, 0.25) is 0 Å². The van der Waals surface area contributed by atoms with E-state index in [9.17, 15) is 0 Å². The lowest BCUT2D eigenvalue weighted by Crippen LogP contribution is -2.24. The molecular weight excluding hydrogens is 266 g/mol. The molecule has 0 atom stereocenters. The van der Waals surface area contributed by atoms with E-state index >= 15 is 0 Å². The first-order valence-corrected chi connectivity index (χ1v) is 6.79. The van der Waals surface area contributed by atoms with Gasteiger partial charge in [-0.25, -0.2) is 0 Å². The van der Waals surface area contributed by atoms with Crippen LogP contribution in [0.3, 0.4) is 0 Å². The van der Waals surface area contributed by atoms with Gasteiger partial charge in [-0.15, -0.1) is 0 Å². The monoisotopic (exact) mass is 283 g/mol. The standard InChI is InChI=1S/C16H17N3S/c1-12-7-6-10-15(13(12)2)18-16(20)19-17-11-14-8-4-3-5-9-14/h3-11H,1-2H3,(H2,18,19,20)/b17-11+. The quantitative estimate of drug-likeness (QED) is 0.513. The number of anilines is 1. The minimum Gasteiger partial charge on any atom is -0.331 e. The Morgan fingerprint density at radius 1 is 1.05 bits per heavy atom. The molecule has 0 saturated carbocycles. The van der Waals surface area contributed by atoms with Crippen LogP contribution in [0.1, 0.15) is 16.7 Å². The molecule has 0 amide bonds. The second-order valence-corrected chi connectivity index (χ2v) is 4.89. The van der Waals surface area contributed by atoms with Gasteiger partial charge in [-0.2, -0.15) is 5.10 Å². The summed E-state index contributed by atoms with van der Waals surface area (Å²) < 4.78 is 0. The van der Waals surface area contributed by atoms with Crippen molar-refractivity contribution in [2.24, 2.45) is 5.10 Å². The van der Waals surface area contributed by atoms with Crippen molar-refractivity contribution in [2.75, 3.05) is 5.32 Å². The molecule has 0 aliphatic rings. The van der Waals surface area contributed by atoms with Gasteiger partial charge in [-0.1, -0.05) is 42.5 Å². The highest BCUT2D eigenvalue weighted by atomic mass is 32.1. The molecule has 2 N–H and O–H groups in total. The highest BCUT2D eigenvalue weighted by Crippen LogP contribution is 2.17. The molecule has 2 aromatic carbocycles. The van der Waals surface area contributed by atoms with Gasteiger partial charge in [0.15, 0.2) is 5.11 Å². The zero-order chi connectivity index (χ0) is 14.4. The SMILES string of the molecule is Cc1cccc(NC(=S)N/N=C/c2ccccc2)c1C. The van der Waals surface area contributed by atoms with Crippen LogP contribution in [0.15, 0.2) is 53.6 Å². The molecule has 2 rings (SSSR count). The van der Waals surface area contributed by atoms with Gasteiger partial charge in [0.05, 0.1) is 6.21 Å². The highest BCUT2D eigenvalue weighted by Gasteiger charge is 2.01. The first-order chi connectivity index (χ1) is 9.66. The Kier molecular flexibility index (Phi) is 4.85. The van der Waals surface area contributed by atoms with Crippen LogP contribution < -0.4 is 10.7 Å². The molecule has 20 heavy (non-hydrogen) atoms. The Bertz CT molecular complexity index is 621. The maximum Gasteiger partial charge on any atom is 0.191 e. The minimum absolute atomic E-state index is 0.478. The third-order valence-electron chi connectivity index (χ3n) is 3.03. The van der Waals surface area contributed by atoms with Gasteiger partial charge < -0.3 is 5.32 Å². The van der Waals surface area contributed by atoms with Crippen molar-refractivity contribution >= 4 is 29.2 Å².